The average Bonchev–Trinajstić information content (AvgIpc) is 3.28. The van der Waals surface area contributed by atoms with Crippen molar-refractivity contribution in [3.05, 3.63) is 51.8 Å². The van der Waals surface area contributed by atoms with Crippen molar-refractivity contribution in [3.63, 3.8) is 0 Å². The molecule has 0 aliphatic carbocycles. The molecule has 0 atom stereocenters. The molecule has 35 heavy (non-hydrogen) atoms. The Kier molecular flexibility index (Phi) is 7.62. The Hall–Kier alpha value is -3.10. The van der Waals surface area contributed by atoms with Gasteiger partial charge in [-0.2, -0.15) is 0 Å². The minimum Gasteiger partial charge on any atom is -0.343 e. The van der Waals surface area contributed by atoms with Crippen LogP contribution in [0.3, 0.4) is 0 Å². The quantitative estimate of drug-likeness (QED) is 0.487. The van der Waals surface area contributed by atoms with Crippen LogP contribution in [-0.2, 0) is 11.3 Å². The highest BCUT2D eigenvalue weighted by Crippen LogP contribution is 2.37. The number of halogens is 1. The lowest BCUT2D eigenvalue weighted by Crippen LogP contribution is -2.41. The van der Waals surface area contributed by atoms with Crippen LogP contribution in [0.1, 0.15) is 83.0 Å². The van der Waals surface area contributed by atoms with Gasteiger partial charge in [-0.15, -0.1) is 5.10 Å². The molecule has 3 aromatic rings. The van der Waals surface area contributed by atoms with E-state index in [0.717, 1.165) is 44.1 Å². The number of likely N-dealkylation sites (tertiary alicyclic amines) is 1. The van der Waals surface area contributed by atoms with Crippen LogP contribution in [0.25, 0.3) is 11.2 Å². The normalized spacial score (nSPS) is 15.1. The van der Waals surface area contributed by atoms with Gasteiger partial charge in [-0.1, -0.05) is 44.5 Å². The number of fused-ring (bicyclic) bond motifs is 1. The summed E-state index contributed by atoms with van der Waals surface area (Å²) in [4.78, 5) is 35.4. The first-order valence-electron chi connectivity index (χ1n) is 12.7. The minimum atomic E-state index is -0.316. The molecule has 0 unspecified atom stereocenters. The van der Waals surface area contributed by atoms with E-state index < -0.39 is 0 Å². The van der Waals surface area contributed by atoms with Crippen molar-refractivity contribution in [2.75, 3.05) is 13.1 Å². The predicted octanol–water partition coefficient (Wildman–Crippen LogP) is 4.40. The van der Waals surface area contributed by atoms with Crippen LogP contribution in [0.5, 0.6) is 0 Å². The first kappa shape index (κ1) is 25.0. The summed E-state index contributed by atoms with van der Waals surface area (Å²) < 4.78 is 14.8. The average molecular weight is 483 g/mol. The molecule has 188 valence electrons. The van der Waals surface area contributed by atoms with Crippen LogP contribution in [0.15, 0.2) is 29.1 Å². The lowest BCUT2D eigenvalue weighted by Gasteiger charge is -2.36. The number of carbonyl (C=O) groups excluding carboxylic acids is 1. The standard InChI is InChI=1S/C26H35FN6O2/c1-4-13-26(5-2,6-3)16-21(34)32-14-11-19(12-15-32)23-28-24-22(25(35)29-23)30-31-33(24)17-18-7-9-20(27)10-8-18/h7-10,19H,4-6,11-17H2,1-3H3,(H,28,29,35). The minimum absolute atomic E-state index is 0.0584. The first-order chi connectivity index (χ1) is 16.9. The Bertz CT molecular complexity index is 1210. The van der Waals surface area contributed by atoms with Crippen molar-refractivity contribution in [1.82, 2.24) is 29.9 Å². The molecule has 0 spiro atoms. The van der Waals surface area contributed by atoms with E-state index in [1.54, 1.807) is 16.8 Å². The van der Waals surface area contributed by atoms with Crippen molar-refractivity contribution >= 4 is 17.1 Å². The molecule has 1 aromatic carbocycles. The summed E-state index contributed by atoms with van der Waals surface area (Å²) >= 11 is 0. The number of H-pyrrole nitrogens is 1. The van der Waals surface area contributed by atoms with E-state index in [1.807, 2.05) is 4.90 Å². The van der Waals surface area contributed by atoms with Gasteiger partial charge in [0, 0.05) is 25.4 Å². The number of nitrogens with one attached hydrogen (secondary N) is 1. The van der Waals surface area contributed by atoms with Gasteiger partial charge >= 0.3 is 0 Å². The number of aromatic nitrogens is 5. The van der Waals surface area contributed by atoms with Gasteiger partial charge in [0.25, 0.3) is 5.56 Å². The Balaban J connectivity index is 1.46. The second-order valence-electron chi connectivity index (χ2n) is 9.79. The molecule has 2 aromatic heterocycles. The van der Waals surface area contributed by atoms with E-state index in [0.29, 0.717) is 37.5 Å². The number of nitrogens with zero attached hydrogens (tertiary/aromatic N) is 5. The largest absolute Gasteiger partial charge is 0.343 e. The van der Waals surface area contributed by atoms with Crippen molar-refractivity contribution in [2.24, 2.45) is 5.41 Å². The zero-order chi connectivity index (χ0) is 25.0. The summed E-state index contributed by atoms with van der Waals surface area (Å²) in [6, 6.07) is 6.14. The van der Waals surface area contributed by atoms with Gasteiger partial charge in [0.1, 0.15) is 11.6 Å². The number of hydrogen-bond donors (Lipinski definition) is 1. The highest BCUT2D eigenvalue weighted by atomic mass is 19.1. The molecule has 1 aliphatic rings. The fraction of sp³-hybridized carbons (Fsp3) is 0.577. The van der Waals surface area contributed by atoms with Crippen LogP contribution >= 0.6 is 0 Å². The molecule has 4 rings (SSSR count). The molecule has 1 aliphatic heterocycles. The van der Waals surface area contributed by atoms with Gasteiger partial charge in [-0.3, -0.25) is 9.59 Å². The maximum atomic E-state index is 13.2. The molecular formula is C26H35FN6O2. The zero-order valence-electron chi connectivity index (χ0n) is 20.9. The van der Waals surface area contributed by atoms with Gasteiger partial charge in [0.2, 0.25) is 5.91 Å². The highest BCUT2D eigenvalue weighted by Gasteiger charge is 2.32. The van der Waals surface area contributed by atoms with Crippen molar-refractivity contribution in [3.8, 4) is 0 Å². The lowest BCUT2D eigenvalue weighted by atomic mass is 9.75. The molecule has 8 nitrogen and oxygen atoms in total. The summed E-state index contributed by atoms with van der Waals surface area (Å²) in [5, 5.41) is 8.10. The molecule has 1 N–H and O–H groups in total. The summed E-state index contributed by atoms with van der Waals surface area (Å²) in [5.41, 5.74) is 1.23. The van der Waals surface area contributed by atoms with Gasteiger partial charge in [0.05, 0.1) is 6.54 Å². The summed E-state index contributed by atoms with van der Waals surface area (Å²) in [6.07, 6.45) is 6.30. The number of hydrogen-bond acceptors (Lipinski definition) is 5. The van der Waals surface area contributed by atoms with Gasteiger partial charge in [-0.25, -0.2) is 14.1 Å². The predicted molar refractivity (Wildman–Crippen MR) is 133 cm³/mol. The van der Waals surface area contributed by atoms with Gasteiger partial charge < -0.3 is 9.88 Å². The first-order valence-corrected chi connectivity index (χ1v) is 12.7. The molecule has 0 bridgehead atoms. The smallest absolute Gasteiger partial charge is 0.281 e. The summed E-state index contributed by atoms with van der Waals surface area (Å²) in [6.45, 7) is 8.22. The molecule has 1 amide bonds. The Labute approximate surface area is 204 Å². The number of benzene rings is 1. The van der Waals surface area contributed by atoms with Crippen LogP contribution in [0.2, 0.25) is 0 Å². The van der Waals surface area contributed by atoms with Crippen LogP contribution in [0.4, 0.5) is 4.39 Å². The second-order valence-corrected chi connectivity index (χ2v) is 9.79. The molecule has 1 saturated heterocycles. The Morgan fingerprint density at radius 1 is 1.14 bits per heavy atom. The summed E-state index contributed by atoms with van der Waals surface area (Å²) in [5.74, 6) is 0.598. The second kappa shape index (κ2) is 10.7. The maximum Gasteiger partial charge on any atom is 0.281 e. The fourth-order valence-corrected chi connectivity index (χ4v) is 5.25. The van der Waals surface area contributed by atoms with E-state index in [2.05, 4.69) is 36.1 Å². The third kappa shape index (κ3) is 5.44. The SMILES string of the molecule is CCCC(CC)(CC)CC(=O)N1CCC(c2nc3c(nnn3Cc3ccc(F)cc3)c(=O)[nH]2)CC1. The maximum absolute atomic E-state index is 13.2. The van der Waals surface area contributed by atoms with Crippen molar-refractivity contribution in [1.29, 1.82) is 0 Å². The number of carbonyl (C=O) groups is 1. The molecular weight excluding hydrogens is 447 g/mol. The van der Waals surface area contributed by atoms with Crippen LogP contribution < -0.4 is 5.56 Å². The molecule has 9 heteroatoms. The Morgan fingerprint density at radius 2 is 1.83 bits per heavy atom. The summed E-state index contributed by atoms with van der Waals surface area (Å²) in [7, 11) is 0. The number of aromatic amines is 1. The van der Waals surface area contributed by atoms with Crippen LogP contribution in [0, 0.1) is 11.2 Å². The molecule has 3 heterocycles. The number of piperidine rings is 1. The number of rotatable bonds is 9. The van der Waals surface area contributed by atoms with E-state index in [1.165, 1.54) is 12.1 Å². The van der Waals surface area contributed by atoms with Gasteiger partial charge in [0.15, 0.2) is 11.2 Å². The van der Waals surface area contributed by atoms with Crippen molar-refractivity contribution in [2.45, 2.75) is 78.2 Å². The van der Waals surface area contributed by atoms with E-state index in [9.17, 15) is 14.0 Å². The zero-order valence-corrected chi connectivity index (χ0v) is 20.9. The third-order valence-electron chi connectivity index (χ3n) is 7.68. The van der Waals surface area contributed by atoms with E-state index in [4.69, 9.17) is 4.98 Å². The third-order valence-corrected chi connectivity index (χ3v) is 7.68. The highest BCUT2D eigenvalue weighted by molar-refractivity contribution is 5.77. The fourth-order valence-electron chi connectivity index (χ4n) is 5.25. The lowest BCUT2D eigenvalue weighted by molar-refractivity contribution is -0.135. The van der Waals surface area contributed by atoms with E-state index in [-0.39, 0.29) is 34.1 Å². The molecule has 0 saturated carbocycles. The monoisotopic (exact) mass is 482 g/mol. The molecule has 1 fully saturated rings. The van der Waals surface area contributed by atoms with Crippen LogP contribution in [-0.4, -0.2) is 48.9 Å². The number of amides is 1. The van der Waals surface area contributed by atoms with E-state index >= 15 is 0 Å². The molecule has 0 radical (unpaired) electrons. The Morgan fingerprint density at radius 3 is 2.46 bits per heavy atom. The van der Waals surface area contributed by atoms with Crippen molar-refractivity contribution < 1.29 is 9.18 Å². The van der Waals surface area contributed by atoms with Gasteiger partial charge in [-0.05, 0) is 55.2 Å². The topological polar surface area (TPSA) is 96.8 Å².